The molecule has 150 valence electrons. The summed E-state index contributed by atoms with van der Waals surface area (Å²) in [5, 5.41) is 2.70. The number of benzene rings is 2. The first kappa shape index (κ1) is 21.0. The molecular formula is C21H24BrNO4S. The molecule has 1 heterocycles. The van der Waals surface area contributed by atoms with Crippen LogP contribution in [0.5, 0.6) is 5.75 Å². The maximum absolute atomic E-state index is 12.4. The second-order valence-electron chi connectivity index (χ2n) is 7.25. The summed E-state index contributed by atoms with van der Waals surface area (Å²) >= 11 is 2.46. The number of hydrogen-bond acceptors (Lipinski definition) is 4. The van der Waals surface area contributed by atoms with E-state index in [9.17, 15) is 9.35 Å². The van der Waals surface area contributed by atoms with Crippen LogP contribution in [0.25, 0.3) is 0 Å². The normalized spacial score (nSPS) is 16.0. The number of amides is 1. The van der Waals surface area contributed by atoms with Crippen LogP contribution in [-0.4, -0.2) is 23.0 Å². The number of unbranched alkanes of at least 4 members (excludes halogenated alkanes) is 1. The third kappa shape index (κ3) is 5.01. The molecule has 1 aliphatic heterocycles. The van der Waals surface area contributed by atoms with Crippen LogP contribution in [0.3, 0.4) is 0 Å². The quantitative estimate of drug-likeness (QED) is 0.431. The lowest BCUT2D eigenvalue weighted by atomic mass is 9.94. The van der Waals surface area contributed by atoms with E-state index in [1.165, 1.54) is 0 Å². The Morgan fingerprint density at radius 3 is 2.75 bits per heavy atom. The molecule has 1 unspecified atom stereocenters. The van der Waals surface area contributed by atoms with Gasteiger partial charge in [-0.15, -0.1) is 0 Å². The molecule has 0 aromatic heterocycles. The fraction of sp³-hybridized carbons (Fsp3) is 0.381. The highest BCUT2D eigenvalue weighted by molar-refractivity contribution is 9.10. The number of fused-ring (bicyclic) bond motifs is 1. The number of aryl methyl sites for hydroxylation is 1. The van der Waals surface area contributed by atoms with Gasteiger partial charge in [-0.1, -0.05) is 15.9 Å². The molecule has 2 aromatic rings. The second kappa shape index (κ2) is 8.76. The molecule has 0 saturated carbocycles. The molecule has 0 fully saturated rings. The molecule has 0 spiro atoms. The number of halogens is 1. The Morgan fingerprint density at radius 1 is 1.21 bits per heavy atom. The molecule has 28 heavy (non-hydrogen) atoms. The minimum atomic E-state index is -0.999. The molecular weight excluding hydrogens is 442 g/mol. The maximum Gasteiger partial charge on any atom is 0.412 e. The monoisotopic (exact) mass is 465 g/mol. The van der Waals surface area contributed by atoms with Gasteiger partial charge in [-0.05, 0) is 86.8 Å². The van der Waals surface area contributed by atoms with Crippen molar-refractivity contribution in [1.29, 1.82) is 0 Å². The van der Waals surface area contributed by atoms with Gasteiger partial charge in [-0.3, -0.25) is 5.32 Å². The van der Waals surface area contributed by atoms with Crippen LogP contribution in [-0.2, 0) is 21.5 Å². The van der Waals surface area contributed by atoms with Crippen LogP contribution in [0.15, 0.2) is 45.8 Å². The summed E-state index contributed by atoms with van der Waals surface area (Å²) in [7, 11) is 0. The lowest BCUT2D eigenvalue weighted by Crippen LogP contribution is -2.34. The Hall–Kier alpha value is -1.70. The van der Waals surface area contributed by atoms with Gasteiger partial charge in [0.05, 0.1) is 12.3 Å². The minimum Gasteiger partial charge on any atom is -0.611 e. The van der Waals surface area contributed by atoms with Crippen molar-refractivity contribution in [2.45, 2.75) is 44.1 Å². The van der Waals surface area contributed by atoms with E-state index in [4.69, 9.17) is 9.47 Å². The van der Waals surface area contributed by atoms with Crippen molar-refractivity contribution in [3.8, 4) is 5.75 Å². The van der Waals surface area contributed by atoms with Crippen molar-refractivity contribution in [3.63, 3.8) is 0 Å². The first-order valence-electron chi connectivity index (χ1n) is 9.18. The van der Waals surface area contributed by atoms with E-state index >= 15 is 0 Å². The Balaban J connectivity index is 1.48. The predicted molar refractivity (Wildman–Crippen MR) is 114 cm³/mol. The topological polar surface area (TPSA) is 70.6 Å². The Kier molecular flexibility index (Phi) is 6.58. The number of hydrogen-bond donors (Lipinski definition) is 1. The van der Waals surface area contributed by atoms with Gasteiger partial charge in [0, 0.05) is 10.0 Å². The molecule has 0 aliphatic carbocycles. The molecule has 3 rings (SSSR count). The molecule has 0 radical (unpaired) electrons. The molecule has 0 saturated heterocycles. The summed E-state index contributed by atoms with van der Waals surface area (Å²) in [5.41, 5.74) is 2.02. The van der Waals surface area contributed by atoms with Crippen molar-refractivity contribution in [3.05, 3.63) is 52.0 Å². The lowest BCUT2D eigenvalue weighted by Gasteiger charge is -2.32. The first-order valence-corrected chi connectivity index (χ1v) is 11.3. The number of carbonyl (C=O) groups excluding carboxylic acids is 1. The SMILES string of the molecule is Cc1cc([S+]([O-])CCCCOc2ccc3c(c2)C(C)(C)OC(=O)N3)ccc1Br. The van der Waals surface area contributed by atoms with E-state index in [1.807, 2.05) is 57.2 Å². The van der Waals surface area contributed by atoms with Gasteiger partial charge in [0.2, 0.25) is 0 Å². The molecule has 1 aliphatic rings. The zero-order chi connectivity index (χ0) is 20.3. The van der Waals surface area contributed by atoms with E-state index in [0.717, 1.165) is 44.8 Å². The van der Waals surface area contributed by atoms with Gasteiger partial charge in [0.25, 0.3) is 0 Å². The zero-order valence-electron chi connectivity index (χ0n) is 16.2. The fourth-order valence-electron chi connectivity index (χ4n) is 3.04. The highest BCUT2D eigenvalue weighted by atomic mass is 79.9. The molecule has 1 amide bonds. The van der Waals surface area contributed by atoms with Crippen LogP contribution in [0.4, 0.5) is 10.5 Å². The van der Waals surface area contributed by atoms with Gasteiger partial charge >= 0.3 is 6.09 Å². The van der Waals surface area contributed by atoms with Crippen molar-refractivity contribution >= 4 is 38.9 Å². The molecule has 0 bridgehead atoms. The number of rotatable bonds is 7. The predicted octanol–water partition coefficient (Wildman–Crippen LogP) is 5.52. The molecule has 5 nitrogen and oxygen atoms in total. The van der Waals surface area contributed by atoms with Crippen LogP contribution in [0.2, 0.25) is 0 Å². The lowest BCUT2D eigenvalue weighted by molar-refractivity contribution is 0.0418. The Labute approximate surface area is 177 Å². The van der Waals surface area contributed by atoms with E-state index in [2.05, 4.69) is 21.2 Å². The average Bonchev–Trinajstić information content (AvgIpc) is 2.63. The molecule has 1 atom stereocenters. The van der Waals surface area contributed by atoms with Crippen molar-refractivity contribution in [1.82, 2.24) is 0 Å². The van der Waals surface area contributed by atoms with Gasteiger partial charge in [0.15, 0.2) is 4.90 Å². The van der Waals surface area contributed by atoms with E-state index in [-0.39, 0.29) is 0 Å². The van der Waals surface area contributed by atoms with E-state index in [0.29, 0.717) is 12.4 Å². The third-order valence-corrected chi connectivity index (χ3v) is 6.94. The van der Waals surface area contributed by atoms with Crippen molar-refractivity contribution < 1.29 is 18.8 Å². The fourth-order valence-corrected chi connectivity index (χ4v) is 4.52. The zero-order valence-corrected chi connectivity index (χ0v) is 18.6. The van der Waals surface area contributed by atoms with Gasteiger partial charge < -0.3 is 14.0 Å². The van der Waals surface area contributed by atoms with Gasteiger partial charge in [0.1, 0.15) is 17.1 Å². The standard InChI is InChI=1S/C21H24BrNO4S/c1-14-12-16(7-8-18(14)22)28(25)11-5-4-10-26-15-6-9-19-17(13-15)21(2,3)27-20(24)23-19/h6-9,12-13H,4-5,10-11H2,1-3H3,(H,23,24). The van der Waals surface area contributed by atoms with Crippen LogP contribution < -0.4 is 10.1 Å². The van der Waals surface area contributed by atoms with Crippen LogP contribution in [0, 0.1) is 6.92 Å². The number of nitrogens with one attached hydrogen (secondary N) is 1. The summed E-state index contributed by atoms with van der Waals surface area (Å²) in [6.45, 7) is 6.25. The highest BCUT2D eigenvalue weighted by Crippen LogP contribution is 2.37. The largest absolute Gasteiger partial charge is 0.611 e. The first-order chi connectivity index (χ1) is 13.3. The summed E-state index contributed by atoms with van der Waals surface area (Å²) in [6.07, 6.45) is 1.19. The number of carbonyl (C=O) groups is 1. The summed E-state index contributed by atoms with van der Waals surface area (Å²) in [4.78, 5) is 12.4. The van der Waals surface area contributed by atoms with Crippen molar-refractivity contribution in [2.75, 3.05) is 17.7 Å². The second-order valence-corrected chi connectivity index (χ2v) is 9.67. The van der Waals surface area contributed by atoms with Crippen LogP contribution in [0.1, 0.15) is 37.8 Å². The van der Waals surface area contributed by atoms with Crippen LogP contribution >= 0.6 is 15.9 Å². The molecule has 7 heteroatoms. The van der Waals surface area contributed by atoms with E-state index < -0.39 is 22.9 Å². The van der Waals surface area contributed by atoms with Gasteiger partial charge in [-0.25, -0.2) is 4.79 Å². The Bertz CT molecular complexity index is 871. The number of ether oxygens (including phenoxy) is 2. The third-order valence-electron chi connectivity index (χ3n) is 4.61. The van der Waals surface area contributed by atoms with Crippen molar-refractivity contribution in [2.24, 2.45) is 0 Å². The smallest absolute Gasteiger partial charge is 0.412 e. The summed E-state index contributed by atoms with van der Waals surface area (Å²) in [5.74, 6) is 1.35. The summed E-state index contributed by atoms with van der Waals surface area (Å²) < 4.78 is 24.6. The highest BCUT2D eigenvalue weighted by Gasteiger charge is 2.33. The number of cyclic esters (lactones) is 1. The Morgan fingerprint density at radius 2 is 2.00 bits per heavy atom. The average molecular weight is 466 g/mol. The van der Waals surface area contributed by atoms with E-state index in [1.54, 1.807) is 0 Å². The minimum absolute atomic E-state index is 0.444. The number of anilines is 1. The summed E-state index contributed by atoms with van der Waals surface area (Å²) in [6, 6.07) is 11.4. The maximum atomic E-state index is 12.4. The molecule has 1 N–H and O–H groups in total. The molecule has 2 aromatic carbocycles. The van der Waals surface area contributed by atoms with Gasteiger partial charge in [-0.2, -0.15) is 0 Å².